The van der Waals surface area contributed by atoms with Crippen LogP contribution < -0.4 is 14.8 Å². The van der Waals surface area contributed by atoms with Gasteiger partial charge < -0.3 is 14.8 Å². The summed E-state index contributed by atoms with van der Waals surface area (Å²) < 4.78 is 10.6. The standard InChI is InChI=1S/C18H18N4O3S/c1-10-8-13(24-3)14(25-4)9-12(10)22-17(23)15-11(2)21-18(26-15)16-19-6-5-7-20-16/h5-9H,1-4H3,(H,22,23). The molecule has 2 heterocycles. The van der Waals surface area contributed by atoms with Crippen molar-refractivity contribution in [1.29, 1.82) is 0 Å². The van der Waals surface area contributed by atoms with E-state index >= 15 is 0 Å². The lowest BCUT2D eigenvalue weighted by molar-refractivity contribution is 0.102. The van der Waals surface area contributed by atoms with Crippen LogP contribution in [0.25, 0.3) is 10.8 Å². The third kappa shape index (κ3) is 3.50. The summed E-state index contributed by atoms with van der Waals surface area (Å²) in [6.45, 7) is 3.68. The molecular formula is C18H18N4O3S. The molecule has 0 spiro atoms. The highest BCUT2D eigenvalue weighted by molar-refractivity contribution is 7.17. The molecule has 0 fully saturated rings. The molecule has 1 N–H and O–H groups in total. The maximum atomic E-state index is 12.7. The SMILES string of the molecule is COc1cc(C)c(NC(=O)c2sc(-c3ncccn3)nc2C)cc1OC. The highest BCUT2D eigenvalue weighted by atomic mass is 32.1. The number of aromatic nitrogens is 3. The Kier molecular flexibility index (Phi) is 5.13. The molecule has 0 radical (unpaired) electrons. The molecule has 26 heavy (non-hydrogen) atoms. The van der Waals surface area contributed by atoms with E-state index in [-0.39, 0.29) is 5.91 Å². The van der Waals surface area contributed by atoms with Crippen molar-refractivity contribution in [1.82, 2.24) is 15.0 Å². The van der Waals surface area contributed by atoms with Gasteiger partial charge in [0.25, 0.3) is 5.91 Å². The Morgan fingerprint density at radius 2 is 1.73 bits per heavy atom. The Balaban J connectivity index is 1.88. The number of nitrogens with zero attached hydrogens (tertiary/aromatic N) is 3. The number of aryl methyl sites for hydroxylation is 2. The monoisotopic (exact) mass is 370 g/mol. The lowest BCUT2D eigenvalue weighted by atomic mass is 10.1. The van der Waals surface area contributed by atoms with Crippen LogP contribution in [0, 0.1) is 13.8 Å². The van der Waals surface area contributed by atoms with Crippen LogP contribution in [-0.4, -0.2) is 35.1 Å². The lowest BCUT2D eigenvalue weighted by Crippen LogP contribution is -2.12. The Hall–Kier alpha value is -3.00. The van der Waals surface area contributed by atoms with Gasteiger partial charge in [-0.2, -0.15) is 0 Å². The van der Waals surface area contributed by atoms with Gasteiger partial charge in [-0.05, 0) is 31.5 Å². The quantitative estimate of drug-likeness (QED) is 0.740. The lowest BCUT2D eigenvalue weighted by Gasteiger charge is -2.13. The molecule has 0 unspecified atom stereocenters. The minimum atomic E-state index is -0.238. The number of carbonyl (C=O) groups is 1. The first-order valence-corrected chi connectivity index (χ1v) is 8.64. The highest BCUT2D eigenvalue weighted by Crippen LogP contribution is 2.33. The third-order valence-electron chi connectivity index (χ3n) is 3.74. The van der Waals surface area contributed by atoms with Gasteiger partial charge in [0.05, 0.1) is 19.9 Å². The van der Waals surface area contributed by atoms with Crippen LogP contribution in [0.4, 0.5) is 5.69 Å². The Morgan fingerprint density at radius 1 is 1.08 bits per heavy atom. The van der Waals surface area contributed by atoms with E-state index < -0.39 is 0 Å². The van der Waals surface area contributed by atoms with Gasteiger partial charge in [-0.15, -0.1) is 11.3 Å². The van der Waals surface area contributed by atoms with Crippen LogP contribution >= 0.6 is 11.3 Å². The fourth-order valence-corrected chi connectivity index (χ4v) is 3.32. The first kappa shape index (κ1) is 17.8. The molecule has 0 aliphatic heterocycles. The number of thiazole rings is 1. The average molecular weight is 370 g/mol. The first-order chi connectivity index (χ1) is 12.5. The van der Waals surface area contributed by atoms with E-state index in [2.05, 4.69) is 20.3 Å². The second-order valence-corrected chi connectivity index (χ2v) is 6.48. The van der Waals surface area contributed by atoms with Crippen LogP contribution in [0.1, 0.15) is 20.9 Å². The van der Waals surface area contributed by atoms with Crippen molar-refractivity contribution in [2.45, 2.75) is 13.8 Å². The molecule has 0 saturated heterocycles. The van der Waals surface area contributed by atoms with E-state index in [4.69, 9.17) is 9.47 Å². The zero-order chi connectivity index (χ0) is 18.7. The van der Waals surface area contributed by atoms with Crippen molar-refractivity contribution in [3.63, 3.8) is 0 Å². The van der Waals surface area contributed by atoms with Crippen molar-refractivity contribution in [3.05, 3.63) is 46.7 Å². The van der Waals surface area contributed by atoms with E-state index in [1.54, 1.807) is 45.7 Å². The van der Waals surface area contributed by atoms with Gasteiger partial charge in [0.2, 0.25) is 0 Å². The topological polar surface area (TPSA) is 86.2 Å². The molecule has 3 aromatic rings. The number of hydrogen-bond acceptors (Lipinski definition) is 7. The third-order valence-corrected chi connectivity index (χ3v) is 4.89. The number of benzene rings is 1. The van der Waals surface area contributed by atoms with Crippen molar-refractivity contribution in [2.24, 2.45) is 0 Å². The zero-order valence-corrected chi connectivity index (χ0v) is 15.7. The van der Waals surface area contributed by atoms with Gasteiger partial charge in [0, 0.05) is 24.1 Å². The van der Waals surface area contributed by atoms with Crippen LogP contribution in [0.2, 0.25) is 0 Å². The van der Waals surface area contributed by atoms with Crippen molar-refractivity contribution in [2.75, 3.05) is 19.5 Å². The second kappa shape index (κ2) is 7.49. The van der Waals surface area contributed by atoms with E-state index in [0.29, 0.717) is 38.6 Å². The molecule has 0 bridgehead atoms. The predicted molar refractivity (Wildman–Crippen MR) is 100 cm³/mol. The van der Waals surface area contributed by atoms with Crippen molar-refractivity contribution >= 4 is 22.9 Å². The van der Waals surface area contributed by atoms with Gasteiger partial charge in [0.1, 0.15) is 4.88 Å². The maximum Gasteiger partial charge on any atom is 0.267 e. The summed E-state index contributed by atoms with van der Waals surface area (Å²) in [5.74, 6) is 1.42. The molecule has 0 saturated carbocycles. The van der Waals surface area contributed by atoms with Crippen LogP contribution in [0.3, 0.4) is 0 Å². The molecule has 3 rings (SSSR count). The van der Waals surface area contributed by atoms with Gasteiger partial charge in [-0.1, -0.05) is 0 Å². The Bertz CT molecular complexity index is 941. The molecular weight excluding hydrogens is 352 g/mol. The molecule has 2 aromatic heterocycles. The van der Waals surface area contributed by atoms with Gasteiger partial charge >= 0.3 is 0 Å². The number of amides is 1. The minimum Gasteiger partial charge on any atom is -0.493 e. The zero-order valence-electron chi connectivity index (χ0n) is 14.9. The summed E-state index contributed by atoms with van der Waals surface area (Å²) in [6, 6.07) is 5.29. The molecule has 8 heteroatoms. The Labute approximate surface area is 155 Å². The maximum absolute atomic E-state index is 12.7. The average Bonchev–Trinajstić information content (AvgIpc) is 3.05. The van der Waals surface area contributed by atoms with E-state index in [1.165, 1.54) is 11.3 Å². The van der Waals surface area contributed by atoms with E-state index in [9.17, 15) is 4.79 Å². The van der Waals surface area contributed by atoms with Crippen molar-refractivity contribution in [3.8, 4) is 22.3 Å². The molecule has 7 nitrogen and oxygen atoms in total. The van der Waals surface area contributed by atoms with E-state index in [1.807, 2.05) is 13.0 Å². The Morgan fingerprint density at radius 3 is 2.38 bits per heavy atom. The number of rotatable bonds is 5. The second-order valence-electron chi connectivity index (χ2n) is 5.48. The largest absolute Gasteiger partial charge is 0.493 e. The van der Waals surface area contributed by atoms with Crippen molar-refractivity contribution < 1.29 is 14.3 Å². The molecule has 134 valence electrons. The van der Waals surface area contributed by atoms with E-state index in [0.717, 1.165) is 5.56 Å². The fraction of sp³-hybridized carbons (Fsp3) is 0.222. The normalized spacial score (nSPS) is 10.5. The van der Waals surface area contributed by atoms with Gasteiger partial charge in [-0.25, -0.2) is 15.0 Å². The summed E-state index contributed by atoms with van der Waals surface area (Å²) in [5.41, 5.74) is 2.15. The highest BCUT2D eigenvalue weighted by Gasteiger charge is 2.19. The number of hydrogen-bond donors (Lipinski definition) is 1. The van der Waals surface area contributed by atoms with Gasteiger partial charge in [-0.3, -0.25) is 4.79 Å². The van der Waals surface area contributed by atoms with Crippen LogP contribution in [0.15, 0.2) is 30.6 Å². The summed E-state index contributed by atoms with van der Waals surface area (Å²) in [7, 11) is 3.13. The molecule has 0 aliphatic carbocycles. The molecule has 1 amide bonds. The first-order valence-electron chi connectivity index (χ1n) is 7.82. The smallest absolute Gasteiger partial charge is 0.267 e. The summed E-state index contributed by atoms with van der Waals surface area (Å²) in [4.78, 5) is 26.0. The van der Waals surface area contributed by atoms with Gasteiger partial charge in [0.15, 0.2) is 22.3 Å². The number of carbonyl (C=O) groups excluding carboxylic acids is 1. The number of ether oxygens (including phenoxy) is 2. The van der Waals surface area contributed by atoms with Crippen LogP contribution in [0.5, 0.6) is 11.5 Å². The fourth-order valence-electron chi connectivity index (χ4n) is 2.41. The minimum absolute atomic E-state index is 0.238. The van der Waals surface area contributed by atoms with Crippen LogP contribution in [-0.2, 0) is 0 Å². The predicted octanol–water partition coefficient (Wildman–Crippen LogP) is 3.49. The molecule has 0 aliphatic rings. The summed E-state index contributed by atoms with van der Waals surface area (Å²) >= 11 is 1.26. The number of nitrogens with one attached hydrogen (secondary N) is 1. The summed E-state index contributed by atoms with van der Waals surface area (Å²) in [5, 5.41) is 3.52. The molecule has 1 aromatic carbocycles. The summed E-state index contributed by atoms with van der Waals surface area (Å²) in [6.07, 6.45) is 3.29. The molecule has 0 atom stereocenters. The number of methoxy groups -OCH3 is 2. The number of anilines is 1.